The van der Waals surface area contributed by atoms with Gasteiger partial charge in [0.05, 0.1) is 0 Å². The second-order valence-electron chi connectivity index (χ2n) is 6.01. The lowest BCUT2D eigenvalue weighted by molar-refractivity contribution is -0.136. The first kappa shape index (κ1) is 14.3. The summed E-state index contributed by atoms with van der Waals surface area (Å²) in [5, 5.41) is 2.76. The number of hydrogen-bond acceptors (Lipinski definition) is 3. The Morgan fingerprint density at radius 3 is 2.53 bits per heavy atom. The smallest absolute Gasteiger partial charge is 0.245 e. The van der Waals surface area contributed by atoms with Crippen molar-refractivity contribution in [1.82, 2.24) is 15.1 Å². The van der Waals surface area contributed by atoms with Crippen molar-refractivity contribution >= 4 is 11.8 Å². The molecule has 1 N–H and O–H groups in total. The van der Waals surface area contributed by atoms with E-state index < -0.39 is 0 Å². The highest BCUT2D eigenvalue weighted by Gasteiger charge is 2.32. The van der Waals surface area contributed by atoms with E-state index in [0.717, 1.165) is 38.6 Å². The Balaban J connectivity index is 1.73. The highest BCUT2D eigenvalue weighted by molar-refractivity contribution is 5.90. The zero-order valence-electron chi connectivity index (χ0n) is 12.0. The summed E-state index contributed by atoms with van der Waals surface area (Å²) in [6.45, 7) is 9.11. The van der Waals surface area contributed by atoms with Gasteiger partial charge in [-0.15, -0.1) is 0 Å². The number of rotatable bonds is 4. The standard InChI is InChI=1S/C14H25N3O2/c1-11(2)5-6-16-7-9-17(10-8-16)14(19)12-3-4-13(18)15-12/h11-12H,3-10H2,1-2H3,(H,15,18)/t12-/m0/s1. The summed E-state index contributed by atoms with van der Waals surface area (Å²) in [6.07, 6.45) is 2.36. The average molecular weight is 267 g/mol. The Morgan fingerprint density at radius 2 is 2.00 bits per heavy atom. The van der Waals surface area contributed by atoms with Gasteiger partial charge in [0, 0.05) is 32.6 Å². The maximum atomic E-state index is 12.2. The second kappa shape index (κ2) is 6.37. The van der Waals surface area contributed by atoms with Crippen LogP contribution >= 0.6 is 0 Å². The molecule has 0 unspecified atom stereocenters. The molecule has 2 rings (SSSR count). The van der Waals surface area contributed by atoms with Crippen molar-refractivity contribution < 1.29 is 9.59 Å². The number of carbonyl (C=O) groups excluding carboxylic acids is 2. The molecule has 2 aliphatic rings. The van der Waals surface area contributed by atoms with Crippen molar-refractivity contribution in [2.24, 2.45) is 5.92 Å². The molecule has 2 heterocycles. The topological polar surface area (TPSA) is 52.7 Å². The first-order valence-electron chi connectivity index (χ1n) is 7.37. The number of piperazine rings is 1. The van der Waals surface area contributed by atoms with Gasteiger partial charge in [-0.05, 0) is 25.3 Å². The van der Waals surface area contributed by atoms with Crippen molar-refractivity contribution in [3.8, 4) is 0 Å². The molecule has 108 valence electrons. The van der Waals surface area contributed by atoms with Gasteiger partial charge in [-0.1, -0.05) is 13.8 Å². The monoisotopic (exact) mass is 267 g/mol. The minimum atomic E-state index is -0.269. The molecular formula is C14H25N3O2. The Labute approximate surface area is 115 Å². The molecule has 5 nitrogen and oxygen atoms in total. The summed E-state index contributed by atoms with van der Waals surface area (Å²) in [5.41, 5.74) is 0. The van der Waals surface area contributed by atoms with Crippen molar-refractivity contribution in [3.63, 3.8) is 0 Å². The molecule has 0 aliphatic carbocycles. The Kier molecular flexibility index (Phi) is 4.80. The predicted molar refractivity (Wildman–Crippen MR) is 73.6 cm³/mol. The van der Waals surface area contributed by atoms with Crippen LogP contribution in [0.1, 0.15) is 33.1 Å². The molecule has 0 aromatic heterocycles. The molecule has 1 atom stereocenters. The van der Waals surface area contributed by atoms with Gasteiger partial charge in [0.15, 0.2) is 0 Å². The quantitative estimate of drug-likeness (QED) is 0.805. The highest BCUT2D eigenvalue weighted by Crippen LogP contribution is 2.12. The van der Waals surface area contributed by atoms with E-state index in [4.69, 9.17) is 0 Å². The zero-order chi connectivity index (χ0) is 13.8. The molecule has 2 aliphatic heterocycles. The molecule has 0 radical (unpaired) electrons. The second-order valence-corrected chi connectivity index (χ2v) is 6.01. The number of amides is 2. The Bertz CT molecular complexity index is 336. The molecule has 2 amide bonds. The fourth-order valence-corrected chi connectivity index (χ4v) is 2.65. The summed E-state index contributed by atoms with van der Waals surface area (Å²) in [4.78, 5) is 27.7. The predicted octanol–water partition coefficient (Wildman–Crippen LogP) is 0.455. The van der Waals surface area contributed by atoms with Crippen LogP contribution in [0.3, 0.4) is 0 Å². The van der Waals surface area contributed by atoms with Gasteiger partial charge in [-0.2, -0.15) is 0 Å². The molecule has 0 aromatic rings. The minimum Gasteiger partial charge on any atom is -0.344 e. The summed E-state index contributed by atoms with van der Waals surface area (Å²) < 4.78 is 0. The maximum absolute atomic E-state index is 12.2. The molecular weight excluding hydrogens is 242 g/mol. The van der Waals surface area contributed by atoms with Crippen molar-refractivity contribution in [1.29, 1.82) is 0 Å². The van der Waals surface area contributed by atoms with Crippen molar-refractivity contribution in [2.75, 3.05) is 32.7 Å². The van der Waals surface area contributed by atoms with Crippen molar-refractivity contribution in [2.45, 2.75) is 39.2 Å². The molecule has 0 aromatic carbocycles. The molecule has 19 heavy (non-hydrogen) atoms. The molecule has 0 bridgehead atoms. The van der Waals surface area contributed by atoms with E-state index in [1.807, 2.05) is 4.90 Å². The number of nitrogens with zero attached hydrogens (tertiary/aromatic N) is 2. The van der Waals surface area contributed by atoms with Crippen LogP contribution in [0.15, 0.2) is 0 Å². The van der Waals surface area contributed by atoms with E-state index in [1.165, 1.54) is 6.42 Å². The third-order valence-electron chi connectivity index (χ3n) is 4.00. The highest BCUT2D eigenvalue weighted by atomic mass is 16.2. The van der Waals surface area contributed by atoms with Gasteiger partial charge in [0.2, 0.25) is 11.8 Å². The van der Waals surface area contributed by atoms with Crippen LogP contribution in [0.5, 0.6) is 0 Å². The lowest BCUT2D eigenvalue weighted by atomic mass is 10.1. The summed E-state index contributed by atoms with van der Waals surface area (Å²) in [5.74, 6) is 0.844. The van der Waals surface area contributed by atoms with Crippen LogP contribution in [0.25, 0.3) is 0 Å². The third kappa shape index (κ3) is 3.93. The first-order valence-corrected chi connectivity index (χ1v) is 7.37. The van der Waals surface area contributed by atoms with E-state index >= 15 is 0 Å². The lowest BCUT2D eigenvalue weighted by Gasteiger charge is -2.36. The van der Waals surface area contributed by atoms with Gasteiger partial charge in [0.1, 0.15) is 6.04 Å². The van der Waals surface area contributed by atoms with Gasteiger partial charge in [0.25, 0.3) is 0 Å². The van der Waals surface area contributed by atoms with Gasteiger partial charge in [-0.3, -0.25) is 14.5 Å². The Hall–Kier alpha value is -1.10. The molecule has 5 heteroatoms. The fraction of sp³-hybridized carbons (Fsp3) is 0.857. The van der Waals surface area contributed by atoms with E-state index in [9.17, 15) is 9.59 Å². The maximum Gasteiger partial charge on any atom is 0.245 e. The van der Waals surface area contributed by atoms with Gasteiger partial charge in [-0.25, -0.2) is 0 Å². The van der Waals surface area contributed by atoms with E-state index in [2.05, 4.69) is 24.1 Å². The lowest BCUT2D eigenvalue weighted by Crippen LogP contribution is -2.53. The third-order valence-corrected chi connectivity index (χ3v) is 4.00. The average Bonchev–Trinajstić information content (AvgIpc) is 2.83. The largest absolute Gasteiger partial charge is 0.344 e. The molecule has 0 spiro atoms. The van der Waals surface area contributed by atoms with Crippen LogP contribution in [0.2, 0.25) is 0 Å². The molecule has 0 saturated carbocycles. The number of carbonyl (C=O) groups is 2. The van der Waals surface area contributed by atoms with E-state index in [-0.39, 0.29) is 17.9 Å². The molecule has 2 saturated heterocycles. The number of nitrogens with one attached hydrogen (secondary N) is 1. The van der Waals surface area contributed by atoms with Crippen LogP contribution < -0.4 is 5.32 Å². The fourth-order valence-electron chi connectivity index (χ4n) is 2.65. The van der Waals surface area contributed by atoms with E-state index in [1.54, 1.807) is 0 Å². The molecule has 2 fully saturated rings. The minimum absolute atomic E-state index is 0.00826. The Morgan fingerprint density at radius 1 is 1.32 bits per heavy atom. The van der Waals surface area contributed by atoms with Crippen LogP contribution in [-0.2, 0) is 9.59 Å². The van der Waals surface area contributed by atoms with Gasteiger partial charge < -0.3 is 10.2 Å². The van der Waals surface area contributed by atoms with Crippen LogP contribution in [0, 0.1) is 5.92 Å². The van der Waals surface area contributed by atoms with Crippen LogP contribution in [0.4, 0.5) is 0 Å². The summed E-state index contributed by atoms with van der Waals surface area (Å²) >= 11 is 0. The van der Waals surface area contributed by atoms with E-state index in [0.29, 0.717) is 12.8 Å². The number of hydrogen-bond donors (Lipinski definition) is 1. The van der Waals surface area contributed by atoms with Gasteiger partial charge >= 0.3 is 0 Å². The zero-order valence-corrected chi connectivity index (χ0v) is 12.0. The normalized spacial score (nSPS) is 24.9. The summed E-state index contributed by atoms with van der Waals surface area (Å²) in [7, 11) is 0. The first-order chi connectivity index (χ1) is 9.06. The van der Waals surface area contributed by atoms with Crippen LogP contribution in [-0.4, -0.2) is 60.4 Å². The summed E-state index contributed by atoms with van der Waals surface area (Å²) in [6, 6.07) is -0.269. The van der Waals surface area contributed by atoms with Crippen molar-refractivity contribution in [3.05, 3.63) is 0 Å². The SMILES string of the molecule is CC(C)CCN1CCN(C(=O)[C@@H]2CCC(=O)N2)CC1.